The maximum atomic E-state index is 12.5. The standard InChI is InChI=1S/C46H34O7/c1-6-29(5)50-37-25-33-23-35(51-43(47)7-2)19-21-39(33)41(27-37)46(32-17-15-31(16-18-32)30-13-11-10-12-14-30)42-28-38(53-45(49)9-4)26-34-24-36(20-22-40(34)42)52-44(48)8-3/h6-28,46H,1-5H2. The quantitative estimate of drug-likeness (QED) is 0.0296. The second kappa shape index (κ2) is 15.7. The summed E-state index contributed by atoms with van der Waals surface area (Å²) in [6.45, 7) is 18.3. The highest BCUT2D eigenvalue weighted by molar-refractivity contribution is 5.95. The summed E-state index contributed by atoms with van der Waals surface area (Å²) >= 11 is 0. The summed E-state index contributed by atoms with van der Waals surface area (Å²) < 4.78 is 22.8. The van der Waals surface area contributed by atoms with E-state index in [1.165, 1.54) is 6.08 Å². The van der Waals surface area contributed by atoms with E-state index in [2.05, 4.69) is 57.2 Å². The van der Waals surface area contributed by atoms with Crippen LogP contribution in [0.2, 0.25) is 0 Å². The fourth-order valence-corrected chi connectivity index (χ4v) is 6.11. The lowest BCUT2D eigenvalue weighted by Crippen LogP contribution is -2.09. The van der Waals surface area contributed by atoms with Gasteiger partial charge in [0.15, 0.2) is 0 Å². The predicted octanol–water partition coefficient (Wildman–Crippen LogP) is 10.2. The first-order chi connectivity index (χ1) is 25.7. The van der Waals surface area contributed by atoms with Crippen molar-refractivity contribution < 1.29 is 33.3 Å². The summed E-state index contributed by atoms with van der Waals surface area (Å²) in [6.07, 6.45) is 4.77. The third-order valence-corrected chi connectivity index (χ3v) is 8.46. The van der Waals surface area contributed by atoms with E-state index in [9.17, 15) is 14.4 Å². The molecule has 0 saturated heterocycles. The zero-order chi connectivity index (χ0) is 37.5. The number of carbonyl (C=O) groups excluding carboxylic acids is 3. The van der Waals surface area contributed by atoms with Crippen molar-refractivity contribution in [2.45, 2.75) is 5.92 Å². The van der Waals surface area contributed by atoms with Crippen molar-refractivity contribution in [1.82, 2.24) is 0 Å². The van der Waals surface area contributed by atoms with E-state index >= 15 is 0 Å². The third-order valence-electron chi connectivity index (χ3n) is 8.46. The molecule has 7 nitrogen and oxygen atoms in total. The molecule has 6 aromatic carbocycles. The molecule has 260 valence electrons. The number of hydrogen-bond acceptors (Lipinski definition) is 7. The molecule has 0 heterocycles. The number of allylic oxidation sites excluding steroid dienone is 1. The average Bonchev–Trinajstić information content (AvgIpc) is 3.18. The van der Waals surface area contributed by atoms with E-state index in [1.54, 1.807) is 30.3 Å². The highest BCUT2D eigenvalue weighted by Crippen LogP contribution is 2.44. The van der Waals surface area contributed by atoms with Crippen molar-refractivity contribution in [1.29, 1.82) is 0 Å². The van der Waals surface area contributed by atoms with Gasteiger partial charge in [0, 0.05) is 24.1 Å². The minimum atomic E-state index is -0.640. The van der Waals surface area contributed by atoms with Crippen LogP contribution in [0.4, 0.5) is 0 Å². The first kappa shape index (κ1) is 35.6. The number of fused-ring (bicyclic) bond motifs is 2. The molecule has 7 heteroatoms. The second-order valence-corrected chi connectivity index (χ2v) is 11.9. The number of rotatable bonds is 13. The molecular weight excluding hydrogens is 664 g/mol. The van der Waals surface area contributed by atoms with Crippen LogP contribution in [0.5, 0.6) is 23.0 Å². The van der Waals surface area contributed by atoms with Gasteiger partial charge in [-0.1, -0.05) is 99.6 Å². The smallest absolute Gasteiger partial charge is 0.335 e. The molecule has 6 aromatic rings. The minimum Gasteiger partial charge on any atom is -0.458 e. The number of hydrogen-bond donors (Lipinski definition) is 0. The van der Waals surface area contributed by atoms with Gasteiger partial charge in [-0.3, -0.25) is 0 Å². The maximum absolute atomic E-state index is 12.5. The van der Waals surface area contributed by atoms with E-state index in [-0.39, 0.29) is 11.5 Å². The van der Waals surface area contributed by atoms with Crippen molar-refractivity contribution >= 4 is 39.5 Å². The highest BCUT2D eigenvalue weighted by atomic mass is 16.5. The Labute approximate surface area is 307 Å². The number of carbonyl (C=O) groups is 3. The maximum Gasteiger partial charge on any atom is 0.335 e. The first-order valence-electron chi connectivity index (χ1n) is 16.5. The Balaban J connectivity index is 1.66. The SMILES string of the molecule is C=CC(=C)Oc1cc(C(c2ccc(-c3ccccc3)cc2)c2cc(OC(=O)C=C)cc3cc(OC(=O)C=C)ccc23)c2ccc(OC(=O)C=C)cc2c1. The Kier molecular flexibility index (Phi) is 10.6. The Morgan fingerprint density at radius 1 is 0.472 bits per heavy atom. The molecule has 0 N–H and O–H groups in total. The molecule has 0 aliphatic carbocycles. The molecule has 0 bridgehead atoms. The van der Waals surface area contributed by atoms with E-state index in [4.69, 9.17) is 18.9 Å². The van der Waals surface area contributed by atoms with Crippen LogP contribution in [0.25, 0.3) is 32.7 Å². The first-order valence-corrected chi connectivity index (χ1v) is 16.5. The third kappa shape index (κ3) is 8.06. The van der Waals surface area contributed by atoms with Gasteiger partial charge in [-0.15, -0.1) is 0 Å². The van der Waals surface area contributed by atoms with Crippen molar-refractivity contribution in [3.63, 3.8) is 0 Å². The molecule has 0 aromatic heterocycles. The summed E-state index contributed by atoms with van der Waals surface area (Å²) in [5.74, 6) is -0.689. The van der Waals surface area contributed by atoms with Gasteiger partial charge in [0.05, 0.1) is 0 Å². The molecule has 6 rings (SSSR count). The van der Waals surface area contributed by atoms with Crippen LogP contribution in [0.3, 0.4) is 0 Å². The van der Waals surface area contributed by atoms with Gasteiger partial charge in [-0.25, -0.2) is 14.4 Å². The van der Waals surface area contributed by atoms with Crippen molar-refractivity contribution in [2.24, 2.45) is 0 Å². The van der Waals surface area contributed by atoms with Crippen LogP contribution in [0.1, 0.15) is 22.6 Å². The molecule has 0 radical (unpaired) electrons. The monoisotopic (exact) mass is 698 g/mol. The van der Waals surface area contributed by atoms with E-state index in [0.717, 1.165) is 56.8 Å². The minimum absolute atomic E-state index is 0.255. The van der Waals surface area contributed by atoms with Gasteiger partial charge in [-0.2, -0.15) is 0 Å². The zero-order valence-corrected chi connectivity index (χ0v) is 28.7. The number of esters is 3. The van der Waals surface area contributed by atoms with Gasteiger partial charge in [-0.05, 0) is 104 Å². The molecular formula is C46H34O7. The van der Waals surface area contributed by atoms with E-state index in [1.807, 2.05) is 60.7 Å². The fraction of sp³-hybridized carbons (Fsp3) is 0.0217. The lowest BCUT2D eigenvalue weighted by molar-refractivity contribution is -0.129. The van der Waals surface area contributed by atoms with Crippen molar-refractivity contribution in [2.75, 3.05) is 0 Å². The second-order valence-electron chi connectivity index (χ2n) is 11.9. The molecule has 0 fully saturated rings. The summed E-state index contributed by atoms with van der Waals surface area (Å²) in [6, 6.07) is 36.2. The topological polar surface area (TPSA) is 88.1 Å². The Bertz CT molecular complexity index is 2300. The lowest BCUT2D eigenvalue weighted by Gasteiger charge is -2.25. The lowest BCUT2D eigenvalue weighted by atomic mass is 9.80. The molecule has 53 heavy (non-hydrogen) atoms. The van der Waals surface area contributed by atoms with Crippen LogP contribution >= 0.6 is 0 Å². The summed E-state index contributed by atoms with van der Waals surface area (Å²) in [5.41, 5.74) is 4.58. The normalized spacial score (nSPS) is 11.2. The molecule has 0 saturated carbocycles. The molecule has 1 atom stereocenters. The highest BCUT2D eigenvalue weighted by Gasteiger charge is 2.25. The molecule has 0 amide bonds. The molecule has 0 spiro atoms. The van der Waals surface area contributed by atoms with Gasteiger partial charge in [0.25, 0.3) is 0 Å². The van der Waals surface area contributed by atoms with E-state index < -0.39 is 23.8 Å². The van der Waals surface area contributed by atoms with Gasteiger partial charge in [0.1, 0.15) is 28.8 Å². The van der Waals surface area contributed by atoms with Crippen LogP contribution in [-0.2, 0) is 14.4 Å². The van der Waals surface area contributed by atoms with Crippen LogP contribution in [0.15, 0.2) is 178 Å². The van der Waals surface area contributed by atoms with Gasteiger partial charge >= 0.3 is 17.9 Å². The fourth-order valence-electron chi connectivity index (χ4n) is 6.11. The predicted molar refractivity (Wildman–Crippen MR) is 208 cm³/mol. The van der Waals surface area contributed by atoms with Crippen LogP contribution in [-0.4, -0.2) is 17.9 Å². The average molecular weight is 699 g/mol. The Morgan fingerprint density at radius 2 is 0.906 bits per heavy atom. The molecule has 0 aliphatic heterocycles. The van der Waals surface area contributed by atoms with Gasteiger partial charge < -0.3 is 18.9 Å². The largest absolute Gasteiger partial charge is 0.458 e. The number of ether oxygens (including phenoxy) is 4. The summed E-state index contributed by atoms with van der Waals surface area (Å²) in [7, 11) is 0. The van der Waals surface area contributed by atoms with Gasteiger partial charge in [0.2, 0.25) is 0 Å². The molecule has 1 unspecified atom stereocenters. The van der Waals surface area contributed by atoms with Crippen LogP contribution < -0.4 is 18.9 Å². The number of benzene rings is 6. The molecule has 0 aliphatic rings. The van der Waals surface area contributed by atoms with E-state index in [0.29, 0.717) is 28.0 Å². The zero-order valence-electron chi connectivity index (χ0n) is 28.7. The van der Waals surface area contributed by atoms with Crippen molar-refractivity contribution in [3.8, 4) is 34.1 Å². The van der Waals surface area contributed by atoms with Crippen LogP contribution in [0, 0.1) is 0 Å². The van der Waals surface area contributed by atoms with Crippen molar-refractivity contribution in [3.05, 3.63) is 195 Å². The Hall–Kier alpha value is -7.25. The summed E-state index contributed by atoms with van der Waals surface area (Å²) in [4.78, 5) is 36.8. The summed E-state index contributed by atoms with van der Waals surface area (Å²) in [5, 5.41) is 2.98. The Morgan fingerprint density at radius 3 is 1.38 bits per heavy atom.